The Kier molecular flexibility index (Phi) is 5.64. The number of carbonyl (C=O) groups is 1. The molecule has 30 heavy (non-hydrogen) atoms. The third-order valence-corrected chi connectivity index (χ3v) is 4.85. The molecular weight excluding hydrogens is 400 g/mol. The Labute approximate surface area is 178 Å². The fourth-order valence-electron chi connectivity index (χ4n) is 3.14. The Morgan fingerprint density at radius 2 is 2.03 bits per heavy atom. The van der Waals surface area contributed by atoms with Crippen LogP contribution >= 0.6 is 11.6 Å². The summed E-state index contributed by atoms with van der Waals surface area (Å²) >= 11 is 6.14. The van der Waals surface area contributed by atoms with Gasteiger partial charge in [-0.2, -0.15) is 5.26 Å². The van der Waals surface area contributed by atoms with Gasteiger partial charge >= 0.3 is 0 Å². The minimum absolute atomic E-state index is 0.188. The van der Waals surface area contributed by atoms with E-state index in [-0.39, 0.29) is 5.91 Å². The normalized spacial score (nSPS) is 10.5. The van der Waals surface area contributed by atoms with E-state index in [1.807, 2.05) is 24.3 Å². The summed E-state index contributed by atoms with van der Waals surface area (Å²) in [6, 6.07) is 18.4. The van der Waals surface area contributed by atoms with E-state index in [1.54, 1.807) is 36.6 Å². The van der Waals surface area contributed by atoms with Gasteiger partial charge in [0.25, 0.3) is 5.91 Å². The first-order chi connectivity index (χ1) is 14.6. The average molecular weight is 417 g/mol. The lowest BCUT2D eigenvalue weighted by molar-refractivity contribution is 0.0948. The summed E-state index contributed by atoms with van der Waals surface area (Å²) in [6.07, 6.45) is 3.11. The molecule has 0 aliphatic rings. The van der Waals surface area contributed by atoms with Crippen molar-refractivity contribution in [3.8, 4) is 6.07 Å². The van der Waals surface area contributed by atoms with Crippen molar-refractivity contribution < 1.29 is 9.21 Å². The number of nitriles is 1. The number of furan rings is 1. The molecule has 148 valence electrons. The first kappa shape index (κ1) is 19.5. The summed E-state index contributed by atoms with van der Waals surface area (Å²) < 4.78 is 5.23. The highest BCUT2D eigenvalue weighted by Gasteiger charge is 2.11. The zero-order valence-corrected chi connectivity index (χ0v) is 16.6. The summed E-state index contributed by atoms with van der Waals surface area (Å²) in [4.78, 5) is 16.7. The number of amides is 1. The second-order valence-corrected chi connectivity index (χ2v) is 7.07. The number of fused-ring (bicyclic) bond motifs is 1. The van der Waals surface area contributed by atoms with Gasteiger partial charge in [-0.1, -0.05) is 23.7 Å². The van der Waals surface area contributed by atoms with Gasteiger partial charge in [0.05, 0.1) is 29.6 Å². The van der Waals surface area contributed by atoms with Crippen LogP contribution < -0.4 is 10.6 Å². The van der Waals surface area contributed by atoms with Crippen LogP contribution in [0.3, 0.4) is 0 Å². The van der Waals surface area contributed by atoms with Crippen LogP contribution in [0.25, 0.3) is 10.9 Å². The number of carbonyl (C=O) groups excluding carboxylic acids is 1. The predicted molar refractivity (Wildman–Crippen MR) is 115 cm³/mol. The SMILES string of the molecule is N#Cc1cnc2ccc(Cl)cc2c1NCc1cccc(C(=O)NCc2ccco2)c1. The third-order valence-electron chi connectivity index (χ3n) is 4.61. The smallest absolute Gasteiger partial charge is 0.251 e. The number of nitrogens with one attached hydrogen (secondary N) is 2. The Balaban J connectivity index is 1.52. The van der Waals surface area contributed by atoms with E-state index in [9.17, 15) is 10.1 Å². The lowest BCUT2D eigenvalue weighted by Crippen LogP contribution is -2.22. The zero-order valence-electron chi connectivity index (χ0n) is 15.9. The molecular formula is C23H17ClN4O2. The Morgan fingerprint density at radius 1 is 1.13 bits per heavy atom. The topological polar surface area (TPSA) is 91.0 Å². The maximum atomic E-state index is 12.4. The van der Waals surface area contributed by atoms with Crippen LogP contribution in [-0.2, 0) is 13.1 Å². The number of aromatic nitrogens is 1. The van der Waals surface area contributed by atoms with Crippen LogP contribution in [0.4, 0.5) is 5.69 Å². The van der Waals surface area contributed by atoms with Crippen LogP contribution in [0.15, 0.2) is 71.5 Å². The Hall–Kier alpha value is -3.82. The zero-order chi connectivity index (χ0) is 20.9. The standard InChI is InChI=1S/C23H17ClN4O2/c24-18-6-7-21-20(10-18)22(17(11-25)13-26-21)27-12-15-3-1-4-16(9-15)23(29)28-14-19-5-2-8-30-19/h1-10,13H,12,14H2,(H,26,27)(H,28,29). The van der Waals surface area contributed by atoms with Crippen molar-refractivity contribution in [2.24, 2.45) is 0 Å². The lowest BCUT2D eigenvalue weighted by Gasteiger charge is -2.12. The van der Waals surface area contributed by atoms with Crippen molar-refractivity contribution >= 4 is 34.1 Å². The highest BCUT2D eigenvalue weighted by molar-refractivity contribution is 6.31. The Morgan fingerprint density at radius 3 is 2.83 bits per heavy atom. The monoisotopic (exact) mass is 416 g/mol. The highest BCUT2D eigenvalue weighted by Crippen LogP contribution is 2.28. The van der Waals surface area contributed by atoms with Crippen LogP contribution in [0.5, 0.6) is 0 Å². The number of halogens is 1. The van der Waals surface area contributed by atoms with Crippen LogP contribution in [-0.4, -0.2) is 10.9 Å². The van der Waals surface area contributed by atoms with Crippen molar-refractivity contribution in [3.63, 3.8) is 0 Å². The molecule has 0 spiro atoms. The van der Waals surface area contributed by atoms with Gasteiger partial charge in [-0.05, 0) is 48.0 Å². The molecule has 0 atom stereocenters. The third kappa shape index (κ3) is 4.27. The number of benzene rings is 2. The van der Waals surface area contributed by atoms with Gasteiger partial charge in [-0.3, -0.25) is 9.78 Å². The molecule has 1 amide bonds. The van der Waals surface area contributed by atoms with Gasteiger partial charge in [0.2, 0.25) is 0 Å². The van der Waals surface area contributed by atoms with Crippen LogP contribution in [0, 0.1) is 11.3 Å². The van der Waals surface area contributed by atoms with E-state index in [0.717, 1.165) is 16.5 Å². The molecule has 0 aliphatic carbocycles. The van der Waals surface area contributed by atoms with E-state index in [1.165, 1.54) is 6.20 Å². The molecule has 0 saturated heterocycles. The number of hydrogen-bond donors (Lipinski definition) is 2. The van der Waals surface area contributed by atoms with Crippen molar-refractivity contribution in [1.82, 2.24) is 10.3 Å². The molecule has 6 nitrogen and oxygen atoms in total. The van der Waals surface area contributed by atoms with E-state index in [2.05, 4.69) is 21.7 Å². The van der Waals surface area contributed by atoms with Gasteiger partial charge in [0, 0.05) is 28.7 Å². The Bertz CT molecular complexity index is 1250. The van der Waals surface area contributed by atoms with Crippen LogP contribution in [0.1, 0.15) is 27.2 Å². The van der Waals surface area contributed by atoms with Crippen LogP contribution in [0.2, 0.25) is 5.02 Å². The molecule has 2 N–H and O–H groups in total. The quantitative estimate of drug-likeness (QED) is 0.466. The minimum Gasteiger partial charge on any atom is -0.467 e. The molecule has 2 aromatic heterocycles. The van der Waals surface area contributed by atoms with Crippen molar-refractivity contribution in [2.45, 2.75) is 13.1 Å². The van der Waals surface area contributed by atoms with E-state index < -0.39 is 0 Å². The minimum atomic E-state index is -0.188. The molecule has 0 fully saturated rings. The average Bonchev–Trinajstić information content (AvgIpc) is 3.29. The number of anilines is 1. The molecule has 7 heteroatoms. The van der Waals surface area contributed by atoms with Gasteiger partial charge in [-0.15, -0.1) is 0 Å². The fraction of sp³-hybridized carbons (Fsp3) is 0.0870. The number of hydrogen-bond acceptors (Lipinski definition) is 5. The van der Waals surface area contributed by atoms with Crippen molar-refractivity contribution in [3.05, 3.63) is 94.5 Å². The number of pyridine rings is 1. The van der Waals surface area contributed by atoms with Gasteiger partial charge < -0.3 is 15.1 Å². The molecule has 2 aromatic carbocycles. The highest BCUT2D eigenvalue weighted by atomic mass is 35.5. The lowest BCUT2D eigenvalue weighted by atomic mass is 10.1. The molecule has 4 aromatic rings. The second kappa shape index (κ2) is 8.68. The maximum absolute atomic E-state index is 12.4. The van der Waals surface area contributed by atoms with Gasteiger partial charge in [0.1, 0.15) is 11.8 Å². The second-order valence-electron chi connectivity index (χ2n) is 6.64. The van der Waals surface area contributed by atoms with Crippen molar-refractivity contribution in [2.75, 3.05) is 5.32 Å². The largest absolute Gasteiger partial charge is 0.467 e. The maximum Gasteiger partial charge on any atom is 0.251 e. The molecule has 0 saturated carbocycles. The summed E-state index contributed by atoms with van der Waals surface area (Å²) in [5.74, 6) is 0.500. The van der Waals surface area contributed by atoms with E-state index in [4.69, 9.17) is 16.0 Å². The first-order valence-electron chi connectivity index (χ1n) is 9.26. The number of rotatable bonds is 6. The predicted octanol–water partition coefficient (Wildman–Crippen LogP) is 4.89. The van der Waals surface area contributed by atoms with E-state index >= 15 is 0 Å². The molecule has 0 radical (unpaired) electrons. The fourth-order valence-corrected chi connectivity index (χ4v) is 3.31. The molecule has 0 bridgehead atoms. The number of nitrogens with zero attached hydrogens (tertiary/aromatic N) is 2. The van der Waals surface area contributed by atoms with Gasteiger partial charge in [-0.25, -0.2) is 0 Å². The van der Waals surface area contributed by atoms with E-state index in [0.29, 0.717) is 40.7 Å². The summed E-state index contributed by atoms with van der Waals surface area (Å²) in [7, 11) is 0. The summed E-state index contributed by atoms with van der Waals surface area (Å²) in [5, 5.41) is 16.9. The summed E-state index contributed by atoms with van der Waals surface area (Å²) in [6.45, 7) is 0.753. The molecule has 0 aliphatic heterocycles. The van der Waals surface area contributed by atoms with Gasteiger partial charge in [0.15, 0.2) is 0 Å². The van der Waals surface area contributed by atoms with Crippen molar-refractivity contribution in [1.29, 1.82) is 5.26 Å². The molecule has 4 rings (SSSR count). The molecule has 0 unspecified atom stereocenters. The molecule has 2 heterocycles. The summed E-state index contributed by atoms with van der Waals surface area (Å²) in [5.41, 5.74) is 3.28. The first-order valence-corrected chi connectivity index (χ1v) is 9.63.